The molecule has 0 aliphatic carbocycles. The van der Waals surface area contributed by atoms with Gasteiger partial charge in [-0.3, -0.25) is 14.5 Å². The van der Waals surface area contributed by atoms with Crippen LogP contribution < -0.4 is 5.32 Å². The molecule has 0 saturated carbocycles. The van der Waals surface area contributed by atoms with Crippen LogP contribution in [0.1, 0.15) is 24.0 Å². The second-order valence-electron chi connectivity index (χ2n) is 12.3. The van der Waals surface area contributed by atoms with Gasteiger partial charge in [-0.25, -0.2) is 9.37 Å². The lowest BCUT2D eigenvalue weighted by Gasteiger charge is -2.38. The summed E-state index contributed by atoms with van der Waals surface area (Å²) in [6.07, 6.45) is 2.19. The topological polar surface area (TPSA) is 110 Å². The van der Waals surface area contributed by atoms with E-state index in [1.807, 2.05) is 84.9 Å². The lowest BCUT2D eigenvalue weighted by atomic mass is 9.77. The molecule has 10 heteroatoms. The van der Waals surface area contributed by atoms with Crippen molar-refractivity contribution in [1.82, 2.24) is 20.0 Å². The first-order valence-electron chi connectivity index (χ1n) is 16.4. The fraction of sp³-hybridized carbons (Fsp3) is 0.175. The summed E-state index contributed by atoms with van der Waals surface area (Å²) in [6.45, 7) is 1.76. The van der Waals surface area contributed by atoms with E-state index in [1.165, 1.54) is 6.07 Å². The first-order valence-corrected chi connectivity index (χ1v) is 16.4. The first-order chi connectivity index (χ1) is 24.5. The number of likely N-dealkylation sites (tertiary alicyclic amines) is 1. The summed E-state index contributed by atoms with van der Waals surface area (Å²) >= 11 is 0. The predicted molar refractivity (Wildman–Crippen MR) is 187 cm³/mol. The average molecular weight is 668 g/mol. The zero-order chi connectivity index (χ0) is 34.3. The van der Waals surface area contributed by atoms with Crippen LogP contribution in [-0.4, -0.2) is 45.0 Å². The van der Waals surface area contributed by atoms with Gasteiger partial charge in [0.1, 0.15) is 23.7 Å². The van der Waals surface area contributed by atoms with Crippen LogP contribution in [0.2, 0.25) is 0 Å². The van der Waals surface area contributed by atoms with Gasteiger partial charge in [0, 0.05) is 42.5 Å². The number of anilines is 1. The SMILES string of the molecule is O=C(Nc1ccccn1)C1(C(=O)OCc2ccccc2)CCN(Cc2ccc(-c3noc(-c4ccc(-c5ccccc5)c(F)c4)n3)cc2)CC1. The minimum atomic E-state index is -1.34. The second-order valence-corrected chi connectivity index (χ2v) is 12.3. The number of aromatic nitrogens is 3. The Balaban J connectivity index is 0.995. The van der Waals surface area contributed by atoms with Gasteiger partial charge in [-0.1, -0.05) is 102 Å². The molecule has 0 unspecified atom stereocenters. The van der Waals surface area contributed by atoms with Gasteiger partial charge in [0.05, 0.1) is 0 Å². The van der Waals surface area contributed by atoms with Crippen LogP contribution in [0, 0.1) is 11.2 Å². The first kappa shape index (κ1) is 32.5. The molecule has 0 radical (unpaired) electrons. The number of carbonyl (C=O) groups excluding carboxylic acids is 2. The molecule has 1 aliphatic heterocycles. The summed E-state index contributed by atoms with van der Waals surface area (Å²) < 4.78 is 26.2. The minimum Gasteiger partial charge on any atom is -0.460 e. The molecule has 6 aromatic rings. The number of carbonyl (C=O) groups is 2. The van der Waals surface area contributed by atoms with Crippen LogP contribution in [0.5, 0.6) is 0 Å². The highest BCUT2D eigenvalue weighted by Crippen LogP contribution is 2.36. The Morgan fingerprint density at radius 3 is 2.20 bits per heavy atom. The number of amides is 1. The number of ether oxygens (including phenoxy) is 1. The molecule has 7 rings (SSSR count). The normalized spacial score (nSPS) is 14.2. The van der Waals surface area contributed by atoms with Crippen LogP contribution >= 0.6 is 0 Å². The Bertz CT molecular complexity index is 2060. The fourth-order valence-electron chi connectivity index (χ4n) is 6.13. The summed E-state index contributed by atoms with van der Waals surface area (Å²) in [5, 5.41) is 6.96. The second kappa shape index (κ2) is 14.6. The highest BCUT2D eigenvalue weighted by Gasteiger charge is 2.49. The number of rotatable bonds is 10. The van der Waals surface area contributed by atoms with Crippen molar-refractivity contribution in [3.05, 3.63) is 144 Å². The van der Waals surface area contributed by atoms with Crippen LogP contribution in [0.15, 0.2) is 132 Å². The summed E-state index contributed by atoms with van der Waals surface area (Å²) in [4.78, 5) is 38.2. The van der Waals surface area contributed by atoms with Crippen LogP contribution in [0.25, 0.3) is 34.0 Å². The van der Waals surface area contributed by atoms with Crippen molar-refractivity contribution >= 4 is 17.7 Å². The maximum atomic E-state index is 15.0. The van der Waals surface area contributed by atoms with Gasteiger partial charge in [-0.15, -0.1) is 0 Å². The Kier molecular flexibility index (Phi) is 9.52. The average Bonchev–Trinajstić information content (AvgIpc) is 3.66. The summed E-state index contributed by atoms with van der Waals surface area (Å²) in [7, 11) is 0. The maximum Gasteiger partial charge on any atom is 0.322 e. The van der Waals surface area contributed by atoms with E-state index in [1.54, 1.807) is 36.5 Å². The number of benzene rings is 4. The summed E-state index contributed by atoms with van der Waals surface area (Å²) in [5.41, 5.74) is 3.11. The number of halogens is 1. The van der Waals surface area contributed by atoms with Gasteiger partial charge < -0.3 is 14.6 Å². The van der Waals surface area contributed by atoms with Gasteiger partial charge in [0.25, 0.3) is 5.89 Å². The molecule has 4 aromatic carbocycles. The van der Waals surface area contributed by atoms with Crippen molar-refractivity contribution in [3.63, 3.8) is 0 Å². The van der Waals surface area contributed by atoms with E-state index in [2.05, 4.69) is 25.3 Å². The Labute approximate surface area is 288 Å². The molecule has 3 heterocycles. The number of hydrogen-bond acceptors (Lipinski definition) is 8. The van der Waals surface area contributed by atoms with Gasteiger partial charge in [-0.2, -0.15) is 4.98 Å². The Morgan fingerprint density at radius 1 is 0.800 bits per heavy atom. The third-order valence-electron chi connectivity index (χ3n) is 9.00. The summed E-state index contributed by atoms with van der Waals surface area (Å²) in [5.74, 6) is -0.299. The van der Waals surface area contributed by atoms with Crippen molar-refractivity contribution < 1.29 is 23.2 Å². The highest BCUT2D eigenvalue weighted by molar-refractivity contribution is 6.08. The zero-order valence-corrected chi connectivity index (χ0v) is 27.2. The van der Waals surface area contributed by atoms with E-state index in [4.69, 9.17) is 9.26 Å². The lowest BCUT2D eigenvalue weighted by Crippen LogP contribution is -2.51. The molecular weight excluding hydrogens is 633 g/mol. The molecule has 1 saturated heterocycles. The van der Waals surface area contributed by atoms with Crippen molar-refractivity contribution in [2.24, 2.45) is 5.41 Å². The summed E-state index contributed by atoms with van der Waals surface area (Å²) in [6, 6.07) is 36.7. The lowest BCUT2D eigenvalue weighted by molar-refractivity contribution is -0.164. The monoisotopic (exact) mass is 667 g/mol. The van der Waals surface area contributed by atoms with Gasteiger partial charge >= 0.3 is 5.97 Å². The smallest absolute Gasteiger partial charge is 0.322 e. The molecular formula is C40H34FN5O4. The molecule has 1 amide bonds. The van der Waals surface area contributed by atoms with Crippen LogP contribution in [0.3, 0.4) is 0 Å². The molecule has 1 fully saturated rings. The molecule has 1 N–H and O–H groups in total. The zero-order valence-electron chi connectivity index (χ0n) is 27.2. The number of hydrogen-bond donors (Lipinski definition) is 1. The number of nitrogens with one attached hydrogen (secondary N) is 1. The number of esters is 1. The Morgan fingerprint density at radius 2 is 1.50 bits per heavy atom. The van der Waals surface area contributed by atoms with Crippen molar-refractivity contribution in [2.45, 2.75) is 26.0 Å². The predicted octanol–water partition coefficient (Wildman–Crippen LogP) is 7.57. The quantitative estimate of drug-likeness (QED) is 0.118. The highest BCUT2D eigenvalue weighted by atomic mass is 19.1. The fourth-order valence-corrected chi connectivity index (χ4v) is 6.13. The van der Waals surface area contributed by atoms with Gasteiger partial charge in [0.15, 0.2) is 0 Å². The van der Waals surface area contributed by atoms with E-state index >= 15 is 0 Å². The van der Waals surface area contributed by atoms with E-state index in [-0.39, 0.29) is 18.3 Å². The van der Waals surface area contributed by atoms with Gasteiger partial charge in [0.2, 0.25) is 11.7 Å². The van der Waals surface area contributed by atoms with Crippen molar-refractivity contribution in [3.8, 4) is 34.0 Å². The van der Waals surface area contributed by atoms with Crippen LogP contribution in [-0.2, 0) is 27.5 Å². The third-order valence-corrected chi connectivity index (χ3v) is 9.00. The molecule has 0 bridgehead atoms. The standard InChI is InChI=1S/C40H34FN5O4/c41-34-25-32(18-19-33(34)30-11-5-2-6-12-30)37-44-36(45-50-37)31-16-14-28(15-17-31)26-46-23-20-40(21-24-46,38(47)43-35-13-7-8-22-42-35)39(48)49-27-29-9-3-1-4-10-29/h1-19,22,25H,20-21,23-24,26-27H2,(H,42,43,47). The number of nitrogens with zero attached hydrogens (tertiary/aromatic N) is 4. The molecule has 0 spiro atoms. The number of pyridine rings is 1. The van der Waals surface area contributed by atoms with E-state index in [0.717, 1.165) is 22.3 Å². The molecule has 2 aromatic heterocycles. The van der Waals surface area contributed by atoms with E-state index < -0.39 is 17.3 Å². The number of piperidine rings is 1. The molecule has 250 valence electrons. The van der Waals surface area contributed by atoms with E-state index in [0.29, 0.717) is 55.2 Å². The minimum absolute atomic E-state index is 0.0909. The Hall–Kier alpha value is -6.00. The largest absolute Gasteiger partial charge is 0.460 e. The molecule has 9 nitrogen and oxygen atoms in total. The maximum absolute atomic E-state index is 15.0. The molecule has 50 heavy (non-hydrogen) atoms. The van der Waals surface area contributed by atoms with Crippen LogP contribution in [0.4, 0.5) is 10.2 Å². The van der Waals surface area contributed by atoms with Crippen molar-refractivity contribution in [2.75, 3.05) is 18.4 Å². The third kappa shape index (κ3) is 7.20. The van der Waals surface area contributed by atoms with E-state index in [9.17, 15) is 14.0 Å². The molecule has 0 atom stereocenters. The van der Waals surface area contributed by atoms with Crippen molar-refractivity contribution in [1.29, 1.82) is 0 Å². The van der Waals surface area contributed by atoms with Gasteiger partial charge in [-0.05, 0) is 53.8 Å². The molecule has 1 aliphatic rings.